The van der Waals surface area contributed by atoms with E-state index in [1.165, 1.54) is 16.0 Å². The third kappa shape index (κ3) is 3.17. The van der Waals surface area contributed by atoms with Crippen LogP contribution in [0.1, 0.15) is 32.0 Å². The number of benzene rings is 1. The van der Waals surface area contributed by atoms with Gasteiger partial charge in [0.2, 0.25) is 0 Å². The van der Waals surface area contributed by atoms with E-state index in [-0.39, 0.29) is 5.54 Å². The second-order valence-electron chi connectivity index (χ2n) is 6.44. The van der Waals surface area contributed by atoms with Crippen molar-refractivity contribution in [3.05, 3.63) is 47.8 Å². The van der Waals surface area contributed by atoms with Crippen molar-refractivity contribution in [2.24, 2.45) is 0 Å². The summed E-state index contributed by atoms with van der Waals surface area (Å²) in [5, 5.41) is 4.57. The average molecular weight is 299 g/mol. The van der Waals surface area contributed by atoms with Crippen LogP contribution in [0, 0.1) is 6.92 Å². The predicted molar refractivity (Wildman–Crippen MR) is 90.3 cm³/mol. The van der Waals surface area contributed by atoms with Crippen LogP contribution in [0.2, 0.25) is 0 Å². The number of hydrogen-bond acceptors (Lipinski definition) is 3. The van der Waals surface area contributed by atoms with Gasteiger partial charge in [0.15, 0.2) is 5.13 Å². The molecule has 0 aliphatic heterocycles. The van der Waals surface area contributed by atoms with E-state index < -0.39 is 0 Å². The molecule has 0 radical (unpaired) electrons. The summed E-state index contributed by atoms with van der Waals surface area (Å²) < 4.78 is 3.42. The highest BCUT2D eigenvalue weighted by molar-refractivity contribution is 7.20. The van der Waals surface area contributed by atoms with Crippen LogP contribution in [0.3, 0.4) is 0 Å². The van der Waals surface area contributed by atoms with Gasteiger partial charge in [0, 0.05) is 24.0 Å². The Morgan fingerprint density at radius 3 is 2.81 bits per heavy atom. The van der Waals surface area contributed by atoms with Crippen molar-refractivity contribution in [1.82, 2.24) is 14.9 Å². The molecule has 4 heteroatoms. The van der Waals surface area contributed by atoms with Crippen molar-refractivity contribution in [3.63, 3.8) is 0 Å². The van der Waals surface area contributed by atoms with Crippen LogP contribution in [0.15, 0.2) is 36.5 Å². The van der Waals surface area contributed by atoms with Crippen molar-refractivity contribution < 1.29 is 0 Å². The van der Waals surface area contributed by atoms with Crippen LogP contribution in [-0.2, 0) is 6.54 Å². The van der Waals surface area contributed by atoms with E-state index in [0.29, 0.717) is 0 Å². The zero-order valence-corrected chi connectivity index (χ0v) is 13.8. The Morgan fingerprint density at radius 1 is 1.24 bits per heavy atom. The number of rotatable bonds is 3. The fraction of sp³-hybridized carbons (Fsp3) is 0.353. The van der Waals surface area contributed by atoms with Gasteiger partial charge in [-0.2, -0.15) is 0 Å². The Kier molecular flexibility index (Phi) is 3.59. The minimum Gasteiger partial charge on any atom is -0.307 e. The number of hydrogen-bond donors (Lipinski definition) is 1. The first-order valence-corrected chi connectivity index (χ1v) is 8.03. The highest BCUT2D eigenvalue weighted by Gasteiger charge is 2.12. The summed E-state index contributed by atoms with van der Waals surface area (Å²) in [6, 6.07) is 10.6. The largest absolute Gasteiger partial charge is 0.307 e. The molecule has 0 saturated heterocycles. The molecule has 0 aliphatic carbocycles. The van der Waals surface area contributed by atoms with E-state index in [0.717, 1.165) is 17.2 Å². The minimum absolute atomic E-state index is 0.111. The molecule has 0 bridgehead atoms. The quantitative estimate of drug-likeness (QED) is 0.782. The predicted octanol–water partition coefficient (Wildman–Crippen LogP) is 4.28. The Morgan fingerprint density at radius 2 is 2.05 bits per heavy atom. The maximum Gasteiger partial charge on any atom is 0.194 e. The van der Waals surface area contributed by atoms with E-state index in [1.807, 2.05) is 0 Å². The molecule has 0 atom stereocenters. The van der Waals surface area contributed by atoms with Gasteiger partial charge >= 0.3 is 0 Å². The fourth-order valence-electron chi connectivity index (χ4n) is 2.23. The van der Waals surface area contributed by atoms with Gasteiger partial charge in [-0.15, -0.1) is 0 Å². The molecule has 21 heavy (non-hydrogen) atoms. The standard InChI is InChI=1S/C17H21N3S/c1-12-7-8-14-15(10-12)21-16(19-14)20-9-5-6-13(20)11-18-17(2,3)4/h5-10,18H,11H2,1-4H3. The Balaban J connectivity index is 1.94. The summed E-state index contributed by atoms with van der Waals surface area (Å²) in [6.45, 7) is 9.50. The molecule has 0 amide bonds. The molecule has 0 aliphatic rings. The number of thiazole rings is 1. The molecule has 0 fully saturated rings. The Bertz CT molecular complexity index is 762. The summed E-state index contributed by atoms with van der Waals surface area (Å²) in [5.74, 6) is 0. The van der Waals surface area contributed by atoms with E-state index in [4.69, 9.17) is 4.98 Å². The van der Waals surface area contributed by atoms with Crippen LogP contribution >= 0.6 is 11.3 Å². The van der Waals surface area contributed by atoms with Crippen molar-refractivity contribution in [1.29, 1.82) is 0 Å². The van der Waals surface area contributed by atoms with E-state index in [1.54, 1.807) is 11.3 Å². The SMILES string of the molecule is Cc1ccc2nc(-n3cccc3CNC(C)(C)C)sc2c1. The van der Waals surface area contributed by atoms with Gasteiger partial charge in [-0.1, -0.05) is 17.4 Å². The molecule has 110 valence electrons. The van der Waals surface area contributed by atoms with Gasteiger partial charge in [0.1, 0.15) is 0 Å². The van der Waals surface area contributed by atoms with Crippen LogP contribution in [0.4, 0.5) is 0 Å². The van der Waals surface area contributed by atoms with Crippen molar-refractivity contribution in [2.75, 3.05) is 0 Å². The smallest absolute Gasteiger partial charge is 0.194 e. The lowest BCUT2D eigenvalue weighted by Gasteiger charge is -2.20. The zero-order chi connectivity index (χ0) is 15.0. The molecule has 1 aromatic carbocycles. The molecule has 1 N–H and O–H groups in total. The summed E-state index contributed by atoms with van der Waals surface area (Å²) in [7, 11) is 0. The Labute approximate surface area is 129 Å². The average Bonchev–Trinajstić information content (AvgIpc) is 3.00. The minimum atomic E-state index is 0.111. The summed E-state index contributed by atoms with van der Waals surface area (Å²) in [4.78, 5) is 4.76. The highest BCUT2D eigenvalue weighted by Crippen LogP contribution is 2.27. The molecule has 0 unspecified atom stereocenters. The molecule has 0 spiro atoms. The third-order valence-electron chi connectivity index (χ3n) is 3.37. The summed E-state index contributed by atoms with van der Waals surface area (Å²) in [5.41, 5.74) is 3.70. The van der Waals surface area contributed by atoms with Gasteiger partial charge in [-0.05, 0) is 57.5 Å². The van der Waals surface area contributed by atoms with Gasteiger partial charge in [0.05, 0.1) is 10.2 Å². The van der Waals surface area contributed by atoms with E-state index in [9.17, 15) is 0 Å². The first-order chi connectivity index (χ1) is 9.92. The second kappa shape index (κ2) is 5.28. The lowest BCUT2D eigenvalue weighted by molar-refractivity contribution is 0.420. The molecule has 3 rings (SSSR count). The second-order valence-corrected chi connectivity index (χ2v) is 7.45. The first-order valence-electron chi connectivity index (χ1n) is 7.21. The molecule has 2 heterocycles. The monoisotopic (exact) mass is 299 g/mol. The highest BCUT2D eigenvalue weighted by atomic mass is 32.1. The lowest BCUT2D eigenvalue weighted by atomic mass is 10.1. The number of fused-ring (bicyclic) bond motifs is 1. The molecule has 3 aromatic rings. The maximum absolute atomic E-state index is 4.76. The van der Waals surface area contributed by atoms with E-state index >= 15 is 0 Å². The normalized spacial score (nSPS) is 12.2. The molecule has 0 saturated carbocycles. The third-order valence-corrected chi connectivity index (χ3v) is 4.39. The fourth-order valence-corrected chi connectivity index (χ4v) is 3.31. The van der Waals surface area contributed by atoms with E-state index in [2.05, 4.69) is 74.1 Å². The van der Waals surface area contributed by atoms with Crippen LogP contribution in [-0.4, -0.2) is 15.1 Å². The van der Waals surface area contributed by atoms with Crippen molar-refractivity contribution >= 4 is 21.6 Å². The number of aromatic nitrogens is 2. The summed E-state index contributed by atoms with van der Waals surface area (Å²) in [6.07, 6.45) is 2.09. The molecule has 3 nitrogen and oxygen atoms in total. The maximum atomic E-state index is 4.76. The van der Waals surface area contributed by atoms with Gasteiger partial charge in [-0.3, -0.25) is 4.57 Å². The first kappa shape index (κ1) is 14.3. The number of nitrogens with one attached hydrogen (secondary N) is 1. The lowest BCUT2D eigenvalue weighted by Crippen LogP contribution is -2.35. The van der Waals surface area contributed by atoms with Crippen molar-refractivity contribution in [3.8, 4) is 5.13 Å². The van der Waals surface area contributed by atoms with Gasteiger partial charge in [-0.25, -0.2) is 4.98 Å². The zero-order valence-electron chi connectivity index (χ0n) is 13.0. The topological polar surface area (TPSA) is 29.9 Å². The molecule has 2 aromatic heterocycles. The van der Waals surface area contributed by atoms with Crippen LogP contribution in [0.25, 0.3) is 15.3 Å². The van der Waals surface area contributed by atoms with Crippen LogP contribution < -0.4 is 5.32 Å². The number of nitrogens with zero attached hydrogens (tertiary/aromatic N) is 2. The number of aryl methyl sites for hydroxylation is 1. The van der Waals surface area contributed by atoms with Crippen molar-refractivity contribution in [2.45, 2.75) is 39.8 Å². The summed E-state index contributed by atoms with van der Waals surface area (Å²) >= 11 is 1.74. The van der Waals surface area contributed by atoms with Crippen LogP contribution in [0.5, 0.6) is 0 Å². The van der Waals surface area contributed by atoms with Gasteiger partial charge < -0.3 is 5.32 Å². The molecular weight excluding hydrogens is 278 g/mol. The Hall–Kier alpha value is -1.65. The molecular formula is C17H21N3S. The van der Waals surface area contributed by atoms with Gasteiger partial charge in [0.25, 0.3) is 0 Å².